The van der Waals surface area contributed by atoms with E-state index >= 15 is 0 Å². The lowest BCUT2D eigenvalue weighted by Crippen LogP contribution is -2.20. The quantitative estimate of drug-likeness (QED) is 0.666. The van der Waals surface area contributed by atoms with Gasteiger partial charge in [-0.2, -0.15) is 13.2 Å². The monoisotopic (exact) mass is 276 g/mol. The molecule has 1 rings (SSSR count). The van der Waals surface area contributed by atoms with Crippen molar-refractivity contribution >= 4 is 21.7 Å². The minimum absolute atomic E-state index is 0.349. The Bertz CT molecular complexity index is 440. The molecule has 0 heterocycles. The molecule has 1 aromatic rings. The van der Waals surface area contributed by atoms with Crippen molar-refractivity contribution in [2.24, 2.45) is 0 Å². The molecule has 0 bridgehead atoms. The van der Waals surface area contributed by atoms with Gasteiger partial charge in [0, 0.05) is 10.0 Å². The average molecular weight is 277 g/mol. The van der Waals surface area contributed by atoms with Crippen LogP contribution in [0.4, 0.5) is 13.2 Å². The number of carbonyl (C=O) groups excluding carboxylic acids is 1. The molecule has 0 atom stereocenters. The highest BCUT2D eigenvalue weighted by atomic mass is 79.9. The van der Waals surface area contributed by atoms with Crippen molar-refractivity contribution in [3.05, 3.63) is 34.3 Å². The Morgan fingerprint density at radius 3 is 2.53 bits per heavy atom. The predicted molar refractivity (Wildman–Crippen MR) is 52.1 cm³/mol. The maximum atomic E-state index is 11.8. The Balaban J connectivity index is 2.88. The first-order chi connectivity index (χ1) is 6.89. The van der Waals surface area contributed by atoms with E-state index in [9.17, 15) is 18.0 Å². The second kappa shape index (κ2) is 4.49. The summed E-state index contributed by atoms with van der Waals surface area (Å²) in [6.45, 7) is 0. The number of halogens is 4. The second-order valence-corrected chi connectivity index (χ2v) is 3.50. The van der Waals surface area contributed by atoms with Gasteiger partial charge in [-0.05, 0) is 24.1 Å². The third-order valence-corrected chi connectivity index (χ3v) is 1.90. The summed E-state index contributed by atoms with van der Waals surface area (Å²) in [6, 6.07) is 6.36. The molecular formula is C10H4BrF3O. The van der Waals surface area contributed by atoms with E-state index < -0.39 is 12.0 Å². The Labute approximate surface area is 92.4 Å². The van der Waals surface area contributed by atoms with Gasteiger partial charge < -0.3 is 0 Å². The summed E-state index contributed by atoms with van der Waals surface area (Å²) < 4.78 is 36.0. The van der Waals surface area contributed by atoms with Crippen molar-refractivity contribution < 1.29 is 18.0 Å². The maximum Gasteiger partial charge on any atom is 0.462 e. The molecule has 0 aliphatic heterocycles. The van der Waals surface area contributed by atoms with Gasteiger partial charge in [0.25, 0.3) is 0 Å². The maximum absolute atomic E-state index is 11.8. The van der Waals surface area contributed by atoms with E-state index in [-0.39, 0.29) is 0 Å². The van der Waals surface area contributed by atoms with Gasteiger partial charge in [0.05, 0.1) is 0 Å². The van der Waals surface area contributed by atoms with Crippen LogP contribution in [0.3, 0.4) is 0 Å². The summed E-state index contributed by atoms with van der Waals surface area (Å²) in [5.41, 5.74) is 0.349. The highest BCUT2D eigenvalue weighted by molar-refractivity contribution is 9.10. The normalized spacial score (nSPS) is 10.4. The van der Waals surface area contributed by atoms with Crippen LogP contribution in [0.25, 0.3) is 0 Å². The molecule has 0 saturated heterocycles. The molecule has 0 spiro atoms. The Hall–Kier alpha value is -1.28. The third-order valence-electron chi connectivity index (χ3n) is 1.40. The molecule has 1 nitrogen and oxygen atoms in total. The van der Waals surface area contributed by atoms with Crippen molar-refractivity contribution in [3.63, 3.8) is 0 Å². The van der Waals surface area contributed by atoms with Crippen molar-refractivity contribution in [3.8, 4) is 11.8 Å². The topological polar surface area (TPSA) is 17.1 Å². The van der Waals surface area contributed by atoms with Gasteiger partial charge in [-0.15, -0.1) is 0 Å². The molecule has 0 aromatic heterocycles. The largest absolute Gasteiger partial charge is 0.462 e. The SMILES string of the molecule is O=C(C#Cc1cccc(Br)c1)C(F)(F)F. The smallest absolute Gasteiger partial charge is 0.275 e. The number of Topliss-reactive ketones (excluding diaryl/α,β-unsaturated/α-hetero) is 1. The Morgan fingerprint density at radius 2 is 2.00 bits per heavy atom. The van der Waals surface area contributed by atoms with Gasteiger partial charge >= 0.3 is 12.0 Å². The minimum atomic E-state index is -4.89. The first-order valence-corrected chi connectivity index (χ1v) is 4.57. The molecule has 0 radical (unpaired) electrons. The van der Waals surface area contributed by atoms with Crippen molar-refractivity contribution in [1.29, 1.82) is 0 Å². The fourth-order valence-corrected chi connectivity index (χ4v) is 1.17. The summed E-state index contributed by atoms with van der Waals surface area (Å²) in [6.07, 6.45) is -4.89. The van der Waals surface area contributed by atoms with Crippen LogP contribution in [-0.4, -0.2) is 12.0 Å². The van der Waals surface area contributed by atoms with Crippen molar-refractivity contribution in [2.45, 2.75) is 6.18 Å². The van der Waals surface area contributed by atoms with E-state index in [0.717, 1.165) is 0 Å². The van der Waals surface area contributed by atoms with Gasteiger partial charge in [-0.1, -0.05) is 27.9 Å². The average Bonchev–Trinajstić information content (AvgIpc) is 2.12. The molecule has 5 heteroatoms. The van der Waals surface area contributed by atoms with Gasteiger partial charge in [0.15, 0.2) is 0 Å². The van der Waals surface area contributed by atoms with Crippen LogP contribution in [0, 0.1) is 11.8 Å². The third kappa shape index (κ3) is 3.76. The summed E-state index contributed by atoms with van der Waals surface area (Å²) >= 11 is 3.13. The highest BCUT2D eigenvalue weighted by Crippen LogP contribution is 2.15. The van der Waals surface area contributed by atoms with E-state index in [1.165, 1.54) is 18.1 Å². The zero-order chi connectivity index (χ0) is 11.5. The number of benzene rings is 1. The van der Waals surface area contributed by atoms with E-state index in [1.807, 2.05) is 0 Å². The van der Waals surface area contributed by atoms with Gasteiger partial charge in [-0.25, -0.2) is 0 Å². The van der Waals surface area contributed by atoms with Crippen molar-refractivity contribution in [1.82, 2.24) is 0 Å². The van der Waals surface area contributed by atoms with E-state index in [2.05, 4.69) is 21.9 Å². The van der Waals surface area contributed by atoms with Gasteiger partial charge in [0.2, 0.25) is 0 Å². The molecule has 0 aliphatic rings. The van der Waals surface area contributed by atoms with Crippen LogP contribution in [0.15, 0.2) is 28.7 Å². The zero-order valence-electron chi connectivity index (χ0n) is 7.23. The highest BCUT2D eigenvalue weighted by Gasteiger charge is 2.37. The van der Waals surface area contributed by atoms with Crippen LogP contribution in [0.2, 0.25) is 0 Å². The van der Waals surface area contributed by atoms with Crippen LogP contribution in [-0.2, 0) is 4.79 Å². The first-order valence-electron chi connectivity index (χ1n) is 3.78. The lowest BCUT2D eigenvalue weighted by molar-refractivity contribution is -0.164. The molecular weight excluding hydrogens is 273 g/mol. The lowest BCUT2D eigenvalue weighted by atomic mass is 10.2. The zero-order valence-corrected chi connectivity index (χ0v) is 8.82. The molecule has 0 aliphatic carbocycles. The molecule has 0 amide bonds. The van der Waals surface area contributed by atoms with Crippen LogP contribution >= 0.6 is 15.9 Å². The van der Waals surface area contributed by atoms with E-state index in [1.54, 1.807) is 12.1 Å². The lowest BCUT2D eigenvalue weighted by Gasteiger charge is -1.96. The number of ketones is 1. The minimum Gasteiger partial charge on any atom is -0.275 e. The summed E-state index contributed by atoms with van der Waals surface area (Å²) in [4.78, 5) is 10.4. The second-order valence-electron chi connectivity index (χ2n) is 2.59. The Kier molecular flexibility index (Phi) is 3.53. The molecule has 0 unspecified atom stereocenters. The van der Waals surface area contributed by atoms with Gasteiger partial charge in [-0.3, -0.25) is 4.79 Å². The fourth-order valence-electron chi connectivity index (χ4n) is 0.766. The fraction of sp³-hybridized carbons (Fsp3) is 0.100. The number of rotatable bonds is 0. The molecule has 78 valence electrons. The molecule has 1 aromatic carbocycles. The van der Waals surface area contributed by atoms with Gasteiger partial charge in [0.1, 0.15) is 0 Å². The Morgan fingerprint density at radius 1 is 1.33 bits per heavy atom. The molecule has 0 saturated carbocycles. The predicted octanol–water partition coefficient (Wildman–Crippen LogP) is 2.93. The van der Waals surface area contributed by atoms with Crippen molar-refractivity contribution in [2.75, 3.05) is 0 Å². The molecule has 0 N–H and O–H groups in total. The first kappa shape index (κ1) is 11.8. The molecule has 15 heavy (non-hydrogen) atoms. The standard InChI is InChI=1S/C10H4BrF3O/c11-8-3-1-2-7(6-8)4-5-9(15)10(12,13)14/h1-3,6H. The summed E-state index contributed by atoms with van der Waals surface area (Å²) in [7, 11) is 0. The number of carbonyl (C=O) groups is 1. The summed E-state index contributed by atoms with van der Waals surface area (Å²) in [5, 5.41) is 0. The number of alkyl halides is 3. The van der Waals surface area contributed by atoms with E-state index in [0.29, 0.717) is 10.0 Å². The summed E-state index contributed by atoms with van der Waals surface area (Å²) in [5.74, 6) is 1.63. The number of hydrogen-bond donors (Lipinski definition) is 0. The number of hydrogen-bond acceptors (Lipinski definition) is 1. The van der Waals surface area contributed by atoms with E-state index in [4.69, 9.17) is 0 Å². The molecule has 0 fully saturated rings. The van der Waals surface area contributed by atoms with Crippen LogP contribution < -0.4 is 0 Å². The van der Waals surface area contributed by atoms with Crippen LogP contribution in [0.1, 0.15) is 5.56 Å². The van der Waals surface area contributed by atoms with Crippen LogP contribution in [0.5, 0.6) is 0 Å².